The maximum absolute atomic E-state index is 6.10. The van der Waals surface area contributed by atoms with Gasteiger partial charge in [-0.25, -0.2) is 0 Å². The summed E-state index contributed by atoms with van der Waals surface area (Å²) in [4.78, 5) is 2.44. The average molecular weight is 239 g/mol. The fraction of sp³-hybridized carbons (Fsp3) is 0.538. The van der Waals surface area contributed by atoms with Crippen molar-refractivity contribution in [2.45, 2.75) is 25.3 Å². The lowest BCUT2D eigenvalue weighted by atomic mass is 10.0. The standard InChI is InChI=1S/C13H19ClN2/c1-16-9-5-4-6-11(16)10-15-13-8-3-2-7-12(13)14/h2-3,7-8,11,15H,4-6,9-10H2,1H3. The van der Waals surface area contributed by atoms with Gasteiger partial charge in [0.1, 0.15) is 0 Å². The van der Waals surface area contributed by atoms with Gasteiger partial charge in [0.05, 0.1) is 10.7 Å². The first kappa shape index (κ1) is 11.7. The summed E-state index contributed by atoms with van der Waals surface area (Å²) in [5, 5.41) is 4.25. The Kier molecular flexibility index (Phi) is 4.08. The monoisotopic (exact) mass is 238 g/mol. The van der Waals surface area contributed by atoms with Crippen molar-refractivity contribution in [2.75, 3.05) is 25.5 Å². The molecular weight excluding hydrogens is 220 g/mol. The summed E-state index contributed by atoms with van der Waals surface area (Å²) in [7, 11) is 2.21. The van der Waals surface area contributed by atoms with E-state index in [1.807, 2.05) is 24.3 Å². The van der Waals surface area contributed by atoms with E-state index in [0.29, 0.717) is 6.04 Å². The summed E-state index contributed by atoms with van der Waals surface area (Å²) in [6.07, 6.45) is 3.96. The molecule has 16 heavy (non-hydrogen) atoms. The Hall–Kier alpha value is -0.730. The molecule has 0 radical (unpaired) electrons. The van der Waals surface area contributed by atoms with E-state index < -0.39 is 0 Å². The van der Waals surface area contributed by atoms with E-state index in [9.17, 15) is 0 Å². The number of anilines is 1. The highest BCUT2D eigenvalue weighted by atomic mass is 35.5. The van der Waals surface area contributed by atoms with E-state index >= 15 is 0 Å². The number of likely N-dealkylation sites (N-methyl/N-ethyl adjacent to an activating group) is 1. The third kappa shape index (κ3) is 2.89. The second-order valence-electron chi connectivity index (χ2n) is 4.49. The number of likely N-dealkylation sites (tertiary alicyclic amines) is 1. The minimum atomic E-state index is 0.644. The van der Waals surface area contributed by atoms with Gasteiger partial charge in [-0.05, 0) is 38.6 Å². The van der Waals surface area contributed by atoms with Crippen LogP contribution in [0.15, 0.2) is 24.3 Å². The molecule has 3 heteroatoms. The Morgan fingerprint density at radius 2 is 2.19 bits per heavy atom. The van der Waals surface area contributed by atoms with Gasteiger partial charge in [-0.3, -0.25) is 0 Å². The molecule has 2 nitrogen and oxygen atoms in total. The van der Waals surface area contributed by atoms with Crippen LogP contribution in [-0.2, 0) is 0 Å². The highest BCUT2D eigenvalue weighted by molar-refractivity contribution is 6.33. The van der Waals surface area contributed by atoms with Crippen LogP contribution in [0, 0.1) is 0 Å². The summed E-state index contributed by atoms with van der Waals surface area (Å²) in [6, 6.07) is 8.57. The van der Waals surface area contributed by atoms with Crippen molar-refractivity contribution in [2.24, 2.45) is 0 Å². The Morgan fingerprint density at radius 3 is 2.94 bits per heavy atom. The van der Waals surface area contributed by atoms with Gasteiger partial charge >= 0.3 is 0 Å². The molecule has 2 rings (SSSR count). The predicted octanol–water partition coefficient (Wildman–Crippen LogP) is 3.24. The molecule has 88 valence electrons. The van der Waals surface area contributed by atoms with Gasteiger partial charge in [-0.1, -0.05) is 30.2 Å². The quantitative estimate of drug-likeness (QED) is 0.870. The van der Waals surface area contributed by atoms with Crippen molar-refractivity contribution in [3.05, 3.63) is 29.3 Å². The van der Waals surface area contributed by atoms with E-state index in [0.717, 1.165) is 17.3 Å². The van der Waals surface area contributed by atoms with Gasteiger partial charge in [-0.15, -0.1) is 0 Å². The van der Waals surface area contributed by atoms with Crippen LogP contribution in [0.2, 0.25) is 5.02 Å². The molecule has 1 saturated heterocycles. The molecule has 0 amide bonds. The van der Waals surface area contributed by atoms with Crippen molar-refractivity contribution in [1.82, 2.24) is 4.90 Å². The number of hydrogen-bond acceptors (Lipinski definition) is 2. The first-order chi connectivity index (χ1) is 7.77. The summed E-state index contributed by atoms with van der Waals surface area (Å²) in [5.41, 5.74) is 1.04. The summed E-state index contributed by atoms with van der Waals surface area (Å²) in [6.45, 7) is 2.20. The lowest BCUT2D eigenvalue weighted by Gasteiger charge is -2.32. The normalized spacial score (nSPS) is 22.0. The number of para-hydroxylation sites is 1. The molecule has 1 aliphatic rings. The van der Waals surface area contributed by atoms with Crippen molar-refractivity contribution >= 4 is 17.3 Å². The molecule has 0 bridgehead atoms. The summed E-state index contributed by atoms with van der Waals surface area (Å²) < 4.78 is 0. The van der Waals surface area contributed by atoms with Crippen LogP contribution in [0.5, 0.6) is 0 Å². The number of hydrogen-bond donors (Lipinski definition) is 1. The molecule has 1 fully saturated rings. The molecule has 0 spiro atoms. The Labute approximate surface area is 103 Å². The van der Waals surface area contributed by atoms with Crippen LogP contribution in [0.25, 0.3) is 0 Å². The molecule has 0 aromatic heterocycles. The largest absolute Gasteiger partial charge is 0.382 e. The van der Waals surface area contributed by atoms with Crippen LogP contribution < -0.4 is 5.32 Å². The fourth-order valence-electron chi connectivity index (χ4n) is 2.23. The Morgan fingerprint density at radius 1 is 1.38 bits per heavy atom. The maximum atomic E-state index is 6.10. The van der Waals surface area contributed by atoms with Crippen molar-refractivity contribution < 1.29 is 0 Å². The minimum Gasteiger partial charge on any atom is -0.382 e. The Bertz CT molecular complexity index is 340. The number of nitrogens with one attached hydrogen (secondary N) is 1. The zero-order valence-corrected chi connectivity index (χ0v) is 10.5. The van der Waals surface area contributed by atoms with Gasteiger partial charge in [0.15, 0.2) is 0 Å². The second kappa shape index (κ2) is 5.55. The molecule has 0 aliphatic carbocycles. The number of benzene rings is 1. The van der Waals surface area contributed by atoms with Crippen molar-refractivity contribution in [3.63, 3.8) is 0 Å². The first-order valence-electron chi connectivity index (χ1n) is 5.96. The molecule has 1 aliphatic heterocycles. The molecule has 1 aromatic rings. The van der Waals surface area contributed by atoms with Crippen molar-refractivity contribution in [1.29, 1.82) is 0 Å². The molecule has 1 heterocycles. The van der Waals surface area contributed by atoms with Crippen LogP contribution in [0.3, 0.4) is 0 Å². The van der Waals surface area contributed by atoms with Gasteiger partial charge in [0, 0.05) is 12.6 Å². The van der Waals surface area contributed by atoms with E-state index in [1.54, 1.807) is 0 Å². The molecule has 1 N–H and O–H groups in total. The number of piperidine rings is 1. The highest BCUT2D eigenvalue weighted by Gasteiger charge is 2.18. The summed E-state index contributed by atoms with van der Waals surface area (Å²) in [5.74, 6) is 0. The van der Waals surface area contributed by atoms with E-state index in [4.69, 9.17) is 11.6 Å². The second-order valence-corrected chi connectivity index (χ2v) is 4.90. The topological polar surface area (TPSA) is 15.3 Å². The van der Waals surface area contributed by atoms with Gasteiger partial charge in [0.25, 0.3) is 0 Å². The van der Waals surface area contributed by atoms with Crippen LogP contribution in [-0.4, -0.2) is 31.1 Å². The predicted molar refractivity (Wildman–Crippen MR) is 70.2 cm³/mol. The van der Waals surface area contributed by atoms with Gasteiger partial charge < -0.3 is 10.2 Å². The zero-order chi connectivity index (χ0) is 11.4. The maximum Gasteiger partial charge on any atom is 0.0637 e. The van der Waals surface area contributed by atoms with Gasteiger partial charge in [0.2, 0.25) is 0 Å². The average Bonchev–Trinajstić information content (AvgIpc) is 2.30. The number of nitrogens with zero attached hydrogens (tertiary/aromatic N) is 1. The molecule has 1 aromatic carbocycles. The molecular formula is C13H19ClN2. The smallest absolute Gasteiger partial charge is 0.0637 e. The Balaban J connectivity index is 1.89. The van der Waals surface area contributed by atoms with Crippen LogP contribution >= 0.6 is 11.6 Å². The zero-order valence-electron chi connectivity index (χ0n) is 9.75. The lowest BCUT2D eigenvalue weighted by molar-refractivity contribution is 0.194. The van der Waals surface area contributed by atoms with Crippen LogP contribution in [0.4, 0.5) is 5.69 Å². The van der Waals surface area contributed by atoms with Gasteiger partial charge in [-0.2, -0.15) is 0 Å². The van der Waals surface area contributed by atoms with E-state index in [-0.39, 0.29) is 0 Å². The minimum absolute atomic E-state index is 0.644. The highest BCUT2D eigenvalue weighted by Crippen LogP contribution is 2.22. The third-order valence-electron chi connectivity index (χ3n) is 3.32. The molecule has 1 atom stereocenters. The SMILES string of the molecule is CN1CCCCC1CNc1ccccc1Cl. The van der Waals surface area contributed by atoms with Crippen LogP contribution in [0.1, 0.15) is 19.3 Å². The fourth-order valence-corrected chi connectivity index (χ4v) is 2.44. The first-order valence-corrected chi connectivity index (χ1v) is 6.34. The molecule has 0 saturated carbocycles. The third-order valence-corrected chi connectivity index (χ3v) is 3.65. The van der Waals surface area contributed by atoms with E-state index in [1.165, 1.54) is 25.8 Å². The lowest BCUT2D eigenvalue weighted by Crippen LogP contribution is -2.40. The van der Waals surface area contributed by atoms with Crippen molar-refractivity contribution in [3.8, 4) is 0 Å². The molecule has 1 unspecified atom stereocenters. The number of halogens is 1. The van der Waals surface area contributed by atoms with E-state index in [2.05, 4.69) is 17.3 Å². The summed E-state index contributed by atoms with van der Waals surface area (Å²) >= 11 is 6.10. The number of rotatable bonds is 3.